The second kappa shape index (κ2) is 4.52. The smallest absolute Gasteiger partial charge is 0.219 e. The van der Waals surface area contributed by atoms with Gasteiger partial charge in [0.15, 0.2) is 0 Å². The van der Waals surface area contributed by atoms with Crippen LogP contribution >= 0.6 is 0 Å². The predicted molar refractivity (Wildman–Crippen MR) is 64.9 cm³/mol. The largest absolute Gasteiger partial charge is 0.335 e. The van der Waals surface area contributed by atoms with Gasteiger partial charge in [-0.2, -0.15) is 0 Å². The molecule has 2 heteroatoms. The summed E-state index contributed by atoms with van der Waals surface area (Å²) in [7, 11) is 0. The van der Waals surface area contributed by atoms with Crippen molar-refractivity contribution < 1.29 is 4.79 Å². The first-order valence-corrected chi connectivity index (χ1v) is 5.68. The van der Waals surface area contributed by atoms with Gasteiger partial charge in [0.25, 0.3) is 0 Å². The van der Waals surface area contributed by atoms with Gasteiger partial charge >= 0.3 is 0 Å². The molecular weight excluding hydrogens is 198 g/mol. The Hall–Kier alpha value is -1.57. The summed E-state index contributed by atoms with van der Waals surface area (Å²) in [6.07, 6.45) is 2.99. The van der Waals surface area contributed by atoms with Crippen molar-refractivity contribution in [3.05, 3.63) is 48.6 Å². The average molecular weight is 215 g/mol. The molecule has 84 valence electrons. The lowest BCUT2D eigenvalue weighted by Crippen LogP contribution is -2.29. The van der Waals surface area contributed by atoms with Crippen molar-refractivity contribution in [2.45, 2.75) is 19.4 Å². The van der Waals surface area contributed by atoms with E-state index in [9.17, 15) is 4.79 Å². The fourth-order valence-electron chi connectivity index (χ4n) is 2.49. The Morgan fingerprint density at radius 3 is 2.69 bits per heavy atom. The fraction of sp³-hybridized carbons (Fsp3) is 0.357. The van der Waals surface area contributed by atoms with E-state index in [2.05, 4.69) is 18.7 Å². The Bertz CT molecular complexity index is 385. The van der Waals surface area contributed by atoms with Crippen LogP contribution in [0.3, 0.4) is 0 Å². The number of likely N-dealkylation sites (tertiary alicyclic amines) is 1. The quantitative estimate of drug-likeness (QED) is 0.695. The summed E-state index contributed by atoms with van der Waals surface area (Å²) in [5.74, 6) is 0.532. The average Bonchev–Trinajstić information content (AvgIpc) is 2.73. The standard InChI is InChI=1S/C14H17NO/c1-3-12-9-10-15(11(2)16)14(12)13-7-5-4-6-8-13/h3-8,12,14H,1,9-10H2,2H3/t12-,14-/m0/s1. The molecule has 0 aliphatic carbocycles. The predicted octanol–water partition coefficient (Wildman–Crippen LogP) is 2.78. The van der Waals surface area contributed by atoms with Gasteiger partial charge in [-0.15, -0.1) is 6.58 Å². The minimum atomic E-state index is 0.151. The highest BCUT2D eigenvalue weighted by atomic mass is 16.2. The van der Waals surface area contributed by atoms with Gasteiger partial charge < -0.3 is 4.90 Å². The molecule has 2 nitrogen and oxygen atoms in total. The van der Waals surface area contributed by atoms with Crippen LogP contribution in [-0.4, -0.2) is 17.4 Å². The second-order valence-corrected chi connectivity index (χ2v) is 4.26. The molecule has 1 aliphatic heterocycles. The van der Waals surface area contributed by atoms with Crippen LogP contribution < -0.4 is 0 Å². The molecule has 1 saturated heterocycles. The van der Waals surface area contributed by atoms with Gasteiger partial charge in [-0.25, -0.2) is 0 Å². The van der Waals surface area contributed by atoms with E-state index in [-0.39, 0.29) is 11.9 Å². The van der Waals surface area contributed by atoms with Crippen LogP contribution in [0.4, 0.5) is 0 Å². The summed E-state index contributed by atoms with van der Waals surface area (Å²) in [5, 5.41) is 0. The van der Waals surface area contributed by atoms with Gasteiger partial charge in [-0.1, -0.05) is 36.4 Å². The minimum absolute atomic E-state index is 0.151. The molecule has 1 aromatic rings. The first-order chi connectivity index (χ1) is 7.74. The molecule has 1 aromatic carbocycles. The third-order valence-corrected chi connectivity index (χ3v) is 3.29. The van der Waals surface area contributed by atoms with Crippen molar-refractivity contribution in [3.63, 3.8) is 0 Å². The third kappa shape index (κ3) is 1.87. The summed E-state index contributed by atoms with van der Waals surface area (Å²) in [6.45, 7) is 6.35. The van der Waals surface area contributed by atoms with Crippen LogP contribution in [0.15, 0.2) is 43.0 Å². The normalized spacial score (nSPS) is 24.4. The first kappa shape index (κ1) is 10.9. The van der Waals surface area contributed by atoms with E-state index in [0.717, 1.165) is 13.0 Å². The van der Waals surface area contributed by atoms with E-state index in [1.54, 1.807) is 6.92 Å². The topological polar surface area (TPSA) is 20.3 Å². The van der Waals surface area contributed by atoms with Crippen molar-refractivity contribution in [2.24, 2.45) is 5.92 Å². The van der Waals surface area contributed by atoms with E-state index >= 15 is 0 Å². The second-order valence-electron chi connectivity index (χ2n) is 4.26. The maximum atomic E-state index is 11.6. The lowest BCUT2D eigenvalue weighted by Gasteiger charge is -2.26. The van der Waals surface area contributed by atoms with Crippen LogP contribution in [0.5, 0.6) is 0 Å². The summed E-state index contributed by atoms with van der Waals surface area (Å²) >= 11 is 0. The lowest BCUT2D eigenvalue weighted by atomic mass is 9.94. The van der Waals surface area contributed by atoms with Gasteiger partial charge in [0.05, 0.1) is 6.04 Å². The maximum absolute atomic E-state index is 11.6. The molecule has 1 amide bonds. The van der Waals surface area contributed by atoms with Crippen molar-refractivity contribution in [1.82, 2.24) is 4.90 Å². The summed E-state index contributed by atoms with van der Waals surface area (Å²) in [5.41, 5.74) is 1.21. The number of hydrogen-bond acceptors (Lipinski definition) is 1. The van der Waals surface area contributed by atoms with E-state index in [0.29, 0.717) is 5.92 Å². The number of hydrogen-bond donors (Lipinski definition) is 0. The fourth-order valence-corrected chi connectivity index (χ4v) is 2.49. The number of rotatable bonds is 2. The molecule has 0 saturated carbocycles. The molecular formula is C14H17NO. The molecule has 1 fully saturated rings. The Balaban J connectivity index is 2.33. The number of carbonyl (C=O) groups excluding carboxylic acids is 1. The third-order valence-electron chi connectivity index (χ3n) is 3.29. The van der Waals surface area contributed by atoms with E-state index in [1.165, 1.54) is 5.56 Å². The number of amides is 1. The highest BCUT2D eigenvalue weighted by Crippen LogP contribution is 2.37. The van der Waals surface area contributed by atoms with Crippen LogP contribution in [0.25, 0.3) is 0 Å². The Labute approximate surface area is 96.6 Å². The molecule has 2 rings (SSSR count). The molecule has 2 atom stereocenters. The SMILES string of the molecule is C=C[C@H]1CCN(C(C)=O)[C@@H]1c1ccccc1. The zero-order valence-electron chi connectivity index (χ0n) is 9.60. The molecule has 0 unspecified atom stereocenters. The van der Waals surface area contributed by atoms with Crippen LogP contribution in [-0.2, 0) is 4.79 Å². The molecule has 16 heavy (non-hydrogen) atoms. The van der Waals surface area contributed by atoms with E-state index < -0.39 is 0 Å². The van der Waals surface area contributed by atoms with E-state index in [1.807, 2.05) is 29.2 Å². The van der Waals surface area contributed by atoms with Crippen molar-refractivity contribution >= 4 is 5.91 Å². The molecule has 0 N–H and O–H groups in total. The van der Waals surface area contributed by atoms with Gasteiger partial charge in [-0.05, 0) is 12.0 Å². The van der Waals surface area contributed by atoms with Crippen molar-refractivity contribution in [3.8, 4) is 0 Å². The Morgan fingerprint density at radius 2 is 2.12 bits per heavy atom. The number of benzene rings is 1. The zero-order chi connectivity index (χ0) is 11.5. The molecule has 0 bridgehead atoms. The zero-order valence-corrected chi connectivity index (χ0v) is 9.60. The van der Waals surface area contributed by atoms with Crippen LogP contribution in [0.1, 0.15) is 24.9 Å². The van der Waals surface area contributed by atoms with Crippen molar-refractivity contribution in [2.75, 3.05) is 6.54 Å². The van der Waals surface area contributed by atoms with Gasteiger partial charge in [0.2, 0.25) is 5.91 Å². The Morgan fingerprint density at radius 1 is 1.44 bits per heavy atom. The van der Waals surface area contributed by atoms with E-state index in [4.69, 9.17) is 0 Å². The number of carbonyl (C=O) groups is 1. The summed E-state index contributed by atoms with van der Waals surface area (Å²) < 4.78 is 0. The van der Waals surface area contributed by atoms with Gasteiger partial charge in [-0.3, -0.25) is 4.79 Å². The molecule has 0 radical (unpaired) electrons. The summed E-state index contributed by atoms with van der Waals surface area (Å²) in [6, 6.07) is 10.4. The van der Waals surface area contributed by atoms with Gasteiger partial charge in [0, 0.05) is 19.4 Å². The monoisotopic (exact) mass is 215 g/mol. The molecule has 1 aliphatic rings. The van der Waals surface area contributed by atoms with Gasteiger partial charge in [0.1, 0.15) is 0 Å². The summed E-state index contributed by atoms with van der Waals surface area (Å²) in [4.78, 5) is 13.5. The lowest BCUT2D eigenvalue weighted by molar-refractivity contribution is -0.130. The minimum Gasteiger partial charge on any atom is -0.335 e. The first-order valence-electron chi connectivity index (χ1n) is 5.68. The van der Waals surface area contributed by atoms with Crippen molar-refractivity contribution in [1.29, 1.82) is 0 Å². The maximum Gasteiger partial charge on any atom is 0.219 e. The highest BCUT2D eigenvalue weighted by Gasteiger charge is 2.34. The Kier molecular flexibility index (Phi) is 3.09. The molecule has 0 aromatic heterocycles. The highest BCUT2D eigenvalue weighted by molar-refractivity contribution is 5.74. The number of nitrogens with zero attached hydrogens (tertiary/aromatic N) is 1. The molecule has 0 spiro atoms. The molecule has 1 heterocycles. The van der Waals surface area contributed by atoms with Crippen LogP contribution in [0, 0.1) is 5.92 Å². The van der Waals surface area contributed by atoms with Crippen LogP contribution in [0.2, 0.25) is 0 Å².